The highest BCUT2D eigenvalue weighted by Crippen LogP contribution is 2.45. The molecule has 0 radical (unpaired) electrons. The van der Waals surface area contributed by atoms with E-state index in [1.54, 1.807) is 26.4 Å². The molecule has 0 spiro atoms. The van der Waals surface area contributed by atoms with Gasteiger partial charge in [-0.2, -0.15) is 0 Å². The third-order valence-corrected chi connectivity index (χ3v) is 3.34. The molecule has 0 N–H and O–H groups in total. The van der Waals surface area contributed by atoms with E-state index in [2.05, 4.69) is 6.92 Å². The summed E-state index contributed by atoms with van der Waals surface area (Å²) >= 11 is 0. The Labute approximate surface area is 112 Å². The van der Waals surface area contributed by atoms with E-state index < -0.39 is 4.92 Å². The first-order valence-corrected chi connectivity index (χ1v) is 6.22. The fraction of sp³-hybridized carbons (Fsp3) is 0.429. The van der Waals surface area contributed by atoms with Gasteiger partial charge in [-0.15, -0.1) is 0 Å². The second kappa shape index (κ2) is 5.40. The van der Waals surface area contributed by atoms with Gasteiger partial charge < -0.3 is 9.47 Å². The number of nitro benzene ring substituents is 1. The molecule has 0 fully saturated rings. The molecule has 0 heterocycles. The van der Waals surface area contributed by atoms with Gasteiger partial charge in [0.2, 0.25) is 0 Å². The molecule has 0 aromatic heterocycles. The maximum atomic E-state index is 10.9. The van der Waals surface area contributed by atoms with Crippen molar-refractivity contribution in [1.29, 1.82) is 0 Å². The molecule has 1 aliphatic rings. The maximum absolute atomic E-state index is 10.9. The first kappa shape index (κ1) is 13.5. The van der Waals surface area contributed by atoms with E-state index in [1.165, 1.54) is 6.07 Å². The molecule has 0 saturated heterocycles. The molecule has 102 valence electrons. The fourth-order valence-electron chi connectivity index (χ4n) is 2.56. The summed E-state index contributed by atoms with van der Waals surface area (Å²) in [5.74, 6) is 0.764. The molecule has 1 unspecified atom stereocenters. The van der Waals surface area contributed by atoms with Crippen LogP contribution in [0.1, 0.15) is 37.0 Å². The van der Waals surface area contributed by atoms with Crippen LogP contribution in [0.15, 0.2) is 24.0 Å². The average molecular weight is 263 g/mol. The van der Waals surface area contributed by atoms with Crippen LogP contribution >= 0.6 is 0 Å². The van der Waals surface area contributed by atoms with Gasteiger partial charge in [0.05, 0.1) is 12.0 Å². The minimum Gasteiger partial charge on any atom is -0.498 e. The van der Waals surface area contributed by atoms with Crippen LogP contribution in [0.25, 0.3) is 5.57 Å². The Kier molecular flexibility index (Phi) is 3.85. The van der Waals surface area contributed by atoms with Crippen LogP contribution in [-0.4, -0.2) is 19.1 Å². The van der Waals surface area contributed by atoms with E-state index in [4.69, 9.17) is 9.47 Å². The van der Waals surface area contributed by atoms with E-state index in [0.29, 0.717) is 0 Å². The zero-order valence-electron chi connectivity index (χ0n) is 11.3. The molecule has 1 aliphatic carbocycles. The van der Waals surface area contributed by atoms with E-state index >= 15 is 0 Å². The number of rotatable bonds is 5. The number of non-ortho nitro benzene ring substituents is 1. The predicted molar refractivity (Wildman–Crippen MR) is 71.7 cm³/mol. The molecule has 0 saturated carbocycles. The van der Waals surface area contributed by atoms with Crippen molar-refractivity contribution in [3.05, 3.63) is 45.2 Å². The van der Waals surface area contributed by atoms with Crippen molar-refractivity contribution in [3.63, 3.8) is 0 Å². The lowest BCUT2D eigenvalue weighted by atomic mass is 10.0. The highest BCUT2D eigenvalue weighted by Gasteiger charge is 2.33. The Balaban J connectivity index is 2.55. The zero-order chi connectivity index (χ0) is 14.0. The van der Waals surface area contributed by atoms with E-state index in [9.17, 15) is 10.1 Å². The van der Waals surface area contributed by atoms with Crippen molar-refractivity contribution in [3.8, 4) is 0 Å². The van der Waals surface area contributed by atoms with Gasteiger partial charge in [0, 0.05) is 30.4 Å². The van der Waals surface area contributed by atoms with Crippen molar-refractivity contribution in [1.82, 2.24) is 0 Å². The summed E-state index contributed by atoms with van der Waals surface area (Å²) in [6, 6.07) is 4.89. The van der Waals surface area contributed by atoms with Gasteiger partial charge in [-0.05, 0) is 18.1 Å². The minimum absolute atomic E-state index is 0.0778. The summed E-state index contributed by atoms with van der Waals surface area (Å²) in [4.78, 5) is 10.5. The second-order valence-corrected chi connectivity index (χ2v) is 4.44. The Morgan fingerprint density at radius 1 is 1.37 bits per heavy atom. The first-order valence-electron chi connectivity index (χ1n) is 6.22. The lowest BCUT2D eigenvalue weighted by Gasteiger charge is -2.13. The van der Waals surface area contributed by atoms with Crippen LogP contribution < -0.4 is 0 Å². The molecule has 0 aliphatic heterocycles. The van der Waals surface area contributed by atoms with Crippen molar-refractivity contribution < 1.29 is 14.4 Å². The van der Waals surface area contributed by atoms with E-state index in [-0.39, 0.29) is 11.8 Å². The van der Waals surface area contributed by atoms with Crippen LogP contribution in [0.4, 0.5) is 5.69 Å². The number of benzene rings is 1. The quantitative estimate of drug-likeness (QED) is 0.603. The number of nitrogens with zero attached hydrogens (tertiary/aromatic N) is 1. The SMILES string of the molecule is CCCC1=C(OC)C(OC)c2cc([N+](=O)[O-])ccc21. The molecule has 1 atom stereocenters. The minimum atomic E-state index is -0.392. The van der Waals surface area contributed by atoms with Crippen LogP contribution in [0.3, 0.4) is 0 Å². The monoisotopic (exact) mass is 263 g/mol. The van der Waals surface area contributed by atoms with Crippen LogP contribution in [0, 0.1) is 10.1 Å². The third kappa shape index (κ3) is 2.21. The van der Waals surface area contributed by atoms with Crippen LogP contribution in [-0.2, 0) is 9.47 Å². The summed E-state index contributed by atoms with van der Waals surface area (Å²) in [6.07, 6.45) is 1.50. The van der Waals surface area contributed by atoms with Gasteiger partial charge in [-0.1, -0.05) is 13.3 Å². The molecule has 1 aromatic rings. The number of hydrogen-bond donors (Lipinski definition) is 0. The lowest BCUT2D eigenvalue weighted by Crippen LogP contribution is -2.03. The number of allylic oxidation sites excluding steroid dienone is 1. The number of methoxy groups -OCH3 is 2. The van der Waals surface area contributed by atoms with Crippen LogP contribution in [0.5, 0.6) is 0 Å². The third-order valence-electron chi connectivity index (χ3n) is 3.34. The van der Waals surface area contributed by atoms with Gasteiger partial charge in [0.25, 0.3) is 5.69 Å². The Morgan fingerprint density at radius 2 is 2.11 bits per heavy atom. The normalized spacial score (nSPS) is 17.5. The molecular weight excluding hydrogens is 246 g/mol. The summed E-state index contributed by atoms with van der Waals surface area (Å²) in [7, 11) is 3.19. The number of nitro groups is 1. The van der Waals surface area contributed by atoms with Crippen molar-refractivity contribution in [2.75, 3.05) is 14.2 Å². The van der Waals surface area contributed by atoms with Gasteiger partial charge in [-0.25, -0.2) is 0 Å². The van der Waals surface area contributed by atoms with E-state index in [1.807, 2.05) is 0 Å². The Bertz CT molecular complexity index is 536. The Morgan fingerprint density at radius 3 is 2.63 bits per heavy atom. The van der Waals surface area contributed by atoms with Crippen LogP contribution in [0.2, 0.25) is 0 Å². The highest BCUT2D eigenvalue weighted by molar-refractivity contribution is 5.77. The predicted octanol–water partition coefficient (Wildman–Crippen LogP) is 3.45. The van der Waals surface area contributed by atoms with Crippen molar-refractivity contribution >= 4 is 11.3 Å². The molecule has 2 rings (SSSR count). The summed E-state index contributed by atoms with van der Waals surface area (Å²) in [5, 5.41) is 10.9. The number of hydrogen-bond acceptors (Lipinski definition) is 4. The van der Waals surface area contributed by atoms with Gasteiger partial charge in [-0.3, -0.25) is 10.1 Å². The molecule has 5 nitrogen and oxygen atoms in total. The second-order valence-electron chi connectivity index (χ2n) is 4.44. The Hall–Kier alpha value is -1.88. The van der Waals surface area contributed by atoms with E-state index in [0.717, 1.165) is 35.3 Å². The molecule has 19 heavy (non-hydrogen) atoms. The molecular formula is C14H17NO4. The number of fused-ring (bicyclic) bond motifs is 1. The summed E-state index contributed by atoms with van der Waals surface area (Å²) in [5.41, 5.74) is 2.98. The average Bonchev–Trinajstić information content (AvgIpc) is 2.71. The standard InChI is InChI=1S/C14H17NO4/c1-4-5-11-10-7-6-9(15(16)17)8-12(10)14(19-3)13(11)18-2/h6-8,14H,4-5H2,1-3H3. The van der Waals surface area contributed by atoms with Gasteiger partial charge in [0.15, 0.2) is 0 Å². The maximum Gasteiger partial charge on any atom is 0.269 e. The smallest absolute Gasteiger partial charge is 0.269 e. The topological polar surface area (TPSA) is 61.6 Å². The summed E-state index contributed by atoms with van der Waals surface area (Å²) < 4.78 is 10.9. The number of ether oxygens (including phenoxy) is 2. The molecule has 0 bridgehead atoms. The summed E-state index contributed by atoms with van der Waals surface area (Å²) in [6.45, 7) is 2.09. The van der Waals surface area contributed by atoms with Gasteiger partial charge in [0.1, 0.15) is 11.9 Å². The largest absolute Gasteiger partial charge is 0.498 e. The fourth-order valence-corrected chi connectivity index (χ4v) is 2.56. The molecule has 5 heteroatoms. The zero-order valence-corrected chi connectivity index (χ0v) is 11.3. The molecule has 0 amide bonds. The molecule has 1 aromatic carbocycles. The highest BCUT2D eigenvalue weighted by atomic mass is 16.6. The van der Waals surface area contributed by atoms with Gasteiger partial charge >= 0.3 is 0 Å². The van der Waals surface area contributed by atoms with Crippen molar-refractivity contribution in [2.24, 2.45) is 0 Å². The van der Waals surface area contributed by atoms with Crippen molar-refractivity contribution in [2.45, 2.75) is 25.9 Å². The lowest BCUT2D eigenvalue weighted by molar-refractivity contribution is -0.385. The first-order chi connectivity index (χ1) is 9.13.